The molecule has 88 valence electrons. The Morgan fingerprint density at radius 1 is 1.38 bits per heavy atom. The number of rotatable bonds is 3. The number of piperidine rings is 1. The lowest BCUT2D eigenvalue weighted by Crippen LogP contribution is -2.38. The van der Waals surface area contributed by atoms with Crippen LogP contribution in [0.1, 0.15) is 38.2 Å². The van der Waals surface area contributed by atoms with Gasteiger partial charge in [0.2, 0.25) is 0 Å². The molecule has 1 fully saturated rings. The third-order valence-corrected chi connectivity index (χ3v) is 3.50. The van der Waals surface area contributed by atoms with Crippen molar-refractivity contribution < 1.29 is 4.39 Å². The molecular formula is C14H20FN. The zero-order valence-corrected chi connectivity index (χ0v) is 9.95. The van der Waals surface area contributed by atoms with Crippen molar-refractivity contribution in [3.8, 4) is 0 Å². The monoisotopic (exact) mass is 221 g/mol. The molecule has 0 saturated carbocycles. The Balaban J connectivity index is 2.02. The number of benzene rings is 1. The van der Waals surface area contributed by atoms with Crippen LogP contribution in [-0.4, -0.2) is 17.5 Å². The Morgan fingerprint density at radius 2 is 2.25 bits per heavy atom. The van der Waals surface area contributed by atoms with E-state index in [1.54, 1.807) is 12.1 Å². The van der Waals surface area contributed by atoms with E-state index in [4.69, 9.17) is 0 Å². The molecule has 1 aliphatic heterocycles. The molecule has 0 bridgehead atoms. The Labute approximate surface area is 97.3 Å². The first-order chi connectivity index (χ1) is 7.79. The summed E-state index contributed by atoms with van der Waals surface area (Å²) in [6, 6.07) is 7.68. The maximum atomic E-state index is 13.1. The lowest BCUT2D eigenvalue weighted by Gasteiger charge is -2.35. The molecule has 0 N–H and O–H groups in total. The lowest BCUT2D eigenvalue weighted by atomic mass is 9.99. The van der Waals surface area contributed by atoms with Crippen LogP contribution >= 0.6 is 0 Å². The van der Waals surface area contributed by atoms with Gasteiger partial charge in [-0.15, -0.1) is 0 Å². The maximum absolute atomic E-state index is 13.1. The van der Waals surface area contributed by atoms with Crippen LogP contribution in [0.4, 0.5) is 4.39 Å². The maximum Gasteiger partial charge on any atom is 0.123 e. The highest BCUT2D eigenvalue weighted by Gasteiger charge is 2.20. The van der Waals surface area contributed by atoms with Crippen LogP contribution in [-0.2, 0) is 6.54 Å². The van der Waals surface area contributed by atoms with Crippen LogP contribution in [0.25, 0.3) is 0 Å². The Kier molecular flexibility index (Phi) is 3.94. The Morgan fingerprint density at radius 3 is 3.00 bits per heavy atom. The van der Waals surface area contributed by atoms with Gasteiger partial charge in [0.25, 0.3) is 0 Å². The fourth-order valence-corrected chi connectivity index (χ4v) is 2.60. The summed E-state index contributed by atoms with van der Waals surface area (Å²) in [6.45, 7) is 4.31. The van der Waals surface area contributed by atoms with Crippen LogP contribution in [0, 0.1) is 5.82 Å². The van der Waals surface area contributed by atoms with E-state index in [0.29, 0.717) is 6.04 Å². The number of likely N-dealkylation sites (tertiary alicyclic amines) is 1. The van der Waals surface area contributed by atoms with Crippen molar-refractivity contribution in [2.45, 2.75) is 45.2 Å². The summed E-state index contributed by atoms with van der Waals surface area (Å²) in [6.07, 6.45) is 5.13. The summed E-state index contributed by atoms with van der Waals surface area (Å²) < 4.78 is 13.1. The molecule has 2 heteroatoms. The number of nitrogens with zero attached hydrogens (tertiary/aromatic N) is 1. The first-order valence-corrected chi connectivity index (χ1v) is 6.28. The van der Waals surface area contributed by atoms with Crippen molar-refractivity contribution >= 4 is 0 Å². The van der Waals surface area contributed by atoms with Gasteiger partial charge in [0.15, 0.2) is 0 Å². The van der Waals surface area contributed by atoms with Gasteiger partial charge in [-0.2, -0.15) is 0 Å². The molecule has 1 aliphatic rings. The van der Waals surface area contributed by atoms with Gasteiger partial charge in [0, 0.05) is 12.6 Å². The summed E-state index contributed by atoms with van der Waals surface area (Å²) in [7, 11) is 0. The molecule has 0 amide bonds. The summed E-state index contributed by atoms with van der Waals surface area (Å²) in [5.41, 5.74) is 1.10. The predicted octanol–water partition coefficient (Wildman–Crippen LogP) is 3.59. The van der Waals surface area contributed by atoms with Gasteiger partial charge >= 0.3 is 0 Å². The second-order valence-corrected chi connectivity index (χ2v) is 4.66. The van der Waals surface area contributed by atoms with Crippen molar-refractivity contribution in [3.05, 3.63) is 35.6 Å². The zero-order chi connectivity index (χ0) is 11.4. The molecule has 1 saturated heterocycles. The minimum absolute atomic E-state index is 0.123. The standard InChI is InChI=1S/C14H20FN/c1-2-14-8-3-4-9-16(14)11-12-6-5-7-13(15)10-12/h5-7,10,14H,2-4,8-9,11H2,1H3. The fraction of sp³-hybridized carbons (Fsp3) is 0.571. The molecule has 16 heavy (non-hydrogen) atoms. The van der Waals surface area contributed by atoms with Gasteiger partial charge in [0.05, 0.1) is 0 Å². The second kappa shape index (κ2) is 5.44. The van der Waals surface area contributed by atoms with Gasteiger partial charge in [-0.1, -0.05) is 25.5 Å². The van der Waals surface area contributed by atoms with E-state index in [0.717, 1.165) is 18.7 Å². The van der Waals surface area contributed by atoms with Crippen molar-refractivity contribution in [1.29, 1.82) is 0 Å². The van der Waals surface area contributed by atoms with Crippen molar-refractivity contribution in [2.24, 2.45) is 0 Å². The predicted molar refractivity (Wildman–Crippen MR) is 64.7 cm³/mol. The van der Waals surface area contributed by atoms with E-state index in [1.165, 1.54) is 31.7 Å². The molecule has 0 aliphatic carbocycles. The van der Waals surface area contributed by atoms with Gasteiger partial charge in [0.1, 0.15) is 5.82 Å². The quantitative estimate of drug-likeness (QED) is 0.754. The van der Waals surface area contributed by atoms with Crippen LogP contribution < -0.4 is 0 Å². The molecule has 2 rings (SSSR count). The van der Waals surface area contributed by atoms with Crippen LogP contribution in [0.3, 0.4) is 0 Å². The number of hydrogen-bond acceptors (Lipinski definition) is 1. The van der Waals surface area contributed by atoms with Crippen LogP contribution in [0.5, 0.6) is 0 Å². The average molecular weight is 221 g/mol. The van der Waals surface area contributed by atoms with Crippen LogP contribution in [0.2, 0.25) is 0 Å². The SMILES string of the molecule is CCC1CCCCN1Cc1cccc(F)c1. The Bertz CT molecular complexity index is 337. The zero-order valence-electron chi connectivity index (χ0n) is 9.95. The topological polar surface area (TPSA) is 3.24 Å². The smallest absolute Gasteiger partial charge is 0.123 e. The molecule has 1 nitrogen and oxygen atoms in total. The largest absolute Gasteiger partial charge is 0.296 e. The first-order valence-electron chi connectivity index (χ1n) is 6.28. The minimum atomic E-state index is -0.123. The number of hydrogen-bond donors (Lipinski definition) is 0. The molecule has 0 spiro atoms. The van der Waals surface area contributed by atoms with E-state index in [9.17, 15) is 4.39 Å². The molecule has 0 radical (unpaired) electrons. The van der Waals surface area contributed by atoms with E-state index < -0.39 is 0 Å². The molecular weight excluding hydrogens is 201 g/mol. The molecule has 1 atom stereocenters. The summed E-state index contributed by atoms with van der Waals surface area (Å²) >= 11 is 0. The third kappa shape index (κ3) is 2.82. The van der Waals surface area contributed by atoms with Crippen LogP contribution in [0.15, 0.2) is 24.3 Å². The normalized spacial score (nSPS) is 22.2. The van der Waals surface area contributed by atoms with E-state index in [2.05, 4.69) is 11.8 Å². The van der Waals surface area contributed by atoms with E-state index in [-0.39, 0.29) is 5.82 Å². The molecule has 1 aromatic carbocycles. The van der Waals surface area contributed by atoms with E-state index in [1.807, 2.05) is 6.07 Å². The van der Waals surface area contributed by atoms with Crippen molar-refractivity contribution in [3.63, 3.8) is 0 Å². The highest BCUT2D eigenvalue weighted by Crippen LogP contribution is 2.21. The van der Waals surface area contributed by atoms with Crippen molar-refractivity contribution in [1.82, 2.24) is 4.90 Å². The van der Waals surface area contributed by atoms with Gasteiger partial charge in [-0.05, 0) is 43.5 Å². The molecule has 1 heterocycles. The Hall–Kier alpha value is -0.890. The van der Waals surface area contributed by atoms with Crippen molar-refractivity contribution in [2.75, 3.05) is 6.54 Å². The molecule has 1 unspecified atom stereocenters. The highest BCUT2D eigenvalue weighted by molar-refractivity contribution is 5.16. The molecule has 1 aromatic rings. The van der Waals surface area contributed by atoms with Gasteiger partial charge in [-0.3, -0.25) is 4.90 Å². The van der Waals surface area contributed by atoms with Gasteiger partial charge in [-0.25, -0.2) is 4.39 Å². The van der Waals surface area contributed by atoms with Gasteiger partial charge < -0.3 is 0 Å². The van der Waals surface area contributed by atoms with E-state index >= 15 is 0 Å². The number of halogens is 1. The first kappa shape index (κ1) is 11.6. The molecule has 0 aromatic heterocycles. The highest BCUT2D eigenvalue weighted by atomic mass is 19.1. The second-order valence-electron chi connectivity index (χ2n) is 4.66. The minimum Gasteiger partial charge on any atom is -0.296 e. The lowest BCUT2D eigenvalue weighted by molar-refractivity contribution is 0.136. The fourth-order valence-electron chi connectivity index (χ4n) is 2.60. The summed E-state index contributed by atoms with van der Waals surface area (Å²) in [5.74, 6) is -0.123. The average Bonchev–Trinajstić information content (AvgIpc) is 2.30. The third-order valence-electron chi connectivity index (χ3n) is 3.50. The summed E-state index contributed by atoms with van der Waals surface area (Å²) in [5, 5.41) is 0. The summed E-state index contributed by atoms with van der Waals surface area (Å²) in [4.78, 5) is 2.50.